The number of thiocarbonyl (C=S) groups is 1. The van der Waals surface area contributed by atoms with E-state index in [1.165, 1.54) is 6.92 Å². The molecule has 0 radical (unpaired) electrons. The van der Waals surface area contributed by atoms with Crippen LogP contribution in [0.25, 0.3) is 0 Å². The van der Waals surface area contributed by atoms with Crippen molar-refractivity contribution < 1.29 is 8.42 Å². The first-order chi connectivity index (χ1) is 7.72. The third-order valence-electron chi connectivity index (χ3n) is 2.21. The van der Waals surface area contributed by atoms with Gasteiger partial charge in [-0.15, -0.1) is 0 Å². The van der Waals surface area contributed by atoms with Crippen molar-refractivity contribution >= 4 is 33.0 Å². The van der Waals surface area contributed by atoms with E-state index in [9.17, 15) is 8.42 Å². The Balaban J connectivity index is 3.02. The van der Waals surface area contributed by atoms with E-state index in [0.29, 0.717) is 0 Å². The molecule has 0 aromatic carbocycles. The summed E-state index contributed by atoms with van der Waals surface area (Å²) in [5.74, 6) is 0.283. The molecule has 0 aliphatic heterocycles. The van der Waals surface area contributed by atoms with Crippen molar-refractivity contribution in [1.82, 2.24) is 4.98 Å². The Labute approximate surface area is 106 Å². The summed E-state index contributed by atoms with van der Waals surface area (Å²) >= 11 is 4.67. The molecule has 5 nitrogen and oxygen atoms in total. The quantitative estimate of drug-likeness (QED) is 0.803. The topological polar surface area (TPSA) is 85.1 Å². The molecule has 1 rings (SSSR count). The lowest BCUT2D eigenvalue weighted by atomic mass is 10.2. The number of aryl methyl sites for hydroxylation is 2. The minimum atomic E-state index is -3.62. The molecule has 0 saturated carbocycles. The number of rotatable bonds is 4. The van der Waals surface area contributed by atoms with E-state index in [2.05, 4.69) is 21.9 Å². The lowest BCUT2D eigenvalue weighted by molar-refractivity contribution is 0.598. The van der Waals surface area contributed by atoms with E-state index in [0.717, 1.165) is 11.3 Å². The van der Waals surface area contributed by atoms with Gasteiger partial charge in [0.25, 0.3) is 0 Å². The fourth-order valence-corrected chi connectivity index (χ4v) is 2.54. The first-order valence-corrected chi connectivity index (χ1v) is 6.94. The third kappa shape index (κ3) is 3.64. The Bertz CT molecular complexity index is 520. The van der Waals surface area contributed by atoms with E-state index in [-0.39, 0.29) is 10.8 Å². The summed E-state index contributed by atoms with van der Waals surface area (Å²) in [5, 5.41) is -0.930. The van der Waals surface area contributed by atoms with Gasteiger partial charge in [-0.2, -0.15) is 0 Å². The standard InChI is InChI=1S/C10H15N3O2S2/c1-6-4-7(2)12-9(5-6)13-17(14,15)8(3)10(11)16/h4-5,8H,1-3H3,(H2,11,16)(H,12,13). The second kappa shape index (κ2) is 4.97. The molecular weight excluding hydrogens is 258 g/mol. The summed E-state index contributed by atoms with van der Waals surface area (Å²) in [6, 6.07) is 3.51. The SMILES string of the molecule is Cc1cc(C)nc(NS(=O)(=O)C(C)C(N)=S)c1. The summed E-state index contributed by atoms with van der Waals surface area (Å²) in [5.41, 5.74) is 7.00. The molecule has 1 aromatic heterocycles. The Morgan fingerprint density at radius 1 is 1.47 bits per heavy atom. The number of pyridine rings is 1. The van der Waals surface area contributed by atoms with Crippen LogP contribution >= 0.6 is 12.2 Å². The van der Waals surface area contributed by atoms with Crippen molar-refractivity contribution in [2.24, 2.45) is 5.73 Å². The predicted octanol–water partition coefficient (Wildman–Crippen LogP) is 1.11. The number of nitrogens with zero attached hydrogens (tertiary/aromatic N) is 1. The maximum atomic E-state index is 11.8. The predicted molar refractivity (Wildman–Crippen MR) is 72.5 cm³/mol. The maximum Gasteiger partial charge on any atom is 0.243 e. The highest BCUT2D eigenvalue weighted by atomic mass is 32.2. The van der Waals surface area contributed by atoms with Gasteiger partial charge in [0, 0.05) is 5.69 Å². The zero-order chi connectivity index (χ0) is 13.2. The Morgan fingerprint density at radius 2 is 2.06 bits per heavy atom. The van der Waals surface area contributed by atoms with Crippen molar-refractivity contribution in [3.8, 4) is 0 Å². The summed E-state index contributed by atoms with van der Waals surface area (Å²) in [7, 11) is -3.62. The number of aromatic nitrogens is 1. The summed E-state index contributed by atoms with van der Waals surface area (Å²) in [6.07, 6.45) is 0. The normalized spacial score (nSPS) is 13.1. The van der Waals surface area contributed by atoms with E-state index >= 15 is 0 Å². The Kier molecular flexibility index (Phi) is 4.05. The lowest BCUT2D eigenvalue weighted by Crippen LogP contribution is -2.35. The molecule has 7 heteroatoms. The highest BCUT2D eigenvalue weighted by molar-refractivity contribution is 7.95. The highest BCUT2D eigenvalue weighted by Gasteiger charge is 2.23. The van der Waals surface area contributed by atoms with Gasteiger partial charge in [0.2, 0.25) is 10.0 Å². The molecule has 1 atom stereocenters. The maximum absolute atomic E-state index is 11.8. The molecule has 1 heterocycles. The molecule has 0 spiro atoms. The van der Waals surface area contributed by atoms with Gasteiger partial charge in [-0.05, 0) is 38.5 Å². The van der Waals surface area contributed by atoms with Crippen LogP contribution in [0.15, 0.2) is 12.1 Å². The second-order valence-corrected chi connectivity index (χ2v) is 6.34. The lowest BCUT2D eigenvalue weighted by Gasteiger charge is -2.13. The highest BCUT2D eigenvalue weighted by Crippen LogP contribution is 2.13. The largest absolute Gasteiger partial charge is 0.392 e. The molecule has 1 unspecified atom stereocenters. The number of hydrogen-bond donors (Lipinski definition) is 2. The molecule has 0 saturated heterocycles. The average molecular weight is 273 g/mol. The van der Waals surface area contributed by atoms with Gasteiger partial charge < -0.3 is 5.73 Å². The van der Waals surface area contributed by atoms with Gasteiger partial charge in [-0.1, -0.05) is 12.2 Å². The van der Waals surface area contributed by atoms with Crippen LogP contribution in [0.5, 0.6) is 0 Å². The van der Waals surface area contributed by atoms with Crippen LogP contribution in [0.2, 0.25) is 0 Å². The number of sulfonamides is 1. The molecule has 3 N–H and O–H groups in total. The molecule has 0 amide bonds. The van der Waals surface area contributed by atoms with Gasteiger partial charge >= 0.3 is 0 Å². The number of hydrogen-bond acceptors (Lipinski definition) is 4. The van der Waals surface area contributed by atoms with E-state index in [1.54, 1.807) is 13.0 Å². The Hall–Kier alpha value is -1.21. The number of nitrogens with two attached hydrogens (primary N) is 1. The van der Waals surface area contributed by atoms with Gasteiger partial charge in [0.1, 0.15) is 11.1 Å². The van der Waals surface area contributed by atoms with Crippen molar-refractivity contribution in [1.29, 1.82) is 0 Å². The van der Waals surface area contributed by atoms with Crippen LogP contribution in [0, 0.1) is 13.8 Å². The number of nitrogens with one attached hydrogen (secondary N) is 1. The van der Waals surface area contributed by atoms with Crippen LogP contribution in [-0.2, 0) is 10.0 Å². The van der Waals surface area contributed by atoms with Gasteiger partial charge in [0.15, 0.2) is 0 Å². The smallest absolute Gasteiger partial charge is 0.243 e. The first-order valence-electron chi connectivity index (χ1n) is 4.98. The fourth-order valence-electron chi connectivity index (χ4n) is 1.28. The van der Waals surface area contributed by atoms with Gasteiger partial charge in [-0.25, -0.2) is 13.4 Å². The van der Waals surface area contributed by atoms with Crippen LogP contribution in [0.1, 0.15) is 18.2 Å². The molecular formula is C10H15N3O2S2. The fraction of sp³-hybridized carbons (Fsp3) is 0.400. The zero-order valence-electron chi connectivity index (χ0n) is 9.89. The summed E-state index contributed by atoms with van der Waals surface area (Å²) < 4.78 is 26.1. The molecule has 94 valence electrons. The molecule has 0 aliphatic carbocycles. The summed E-state index contributed by atoms with van der Waals surface area (Å²) in [6.45, 7) is 5.10. The first kappa shape index (κ1) is 13.9. The van der Waals surface area contributed by atoms with Crippen LogP contribution in [0.3, 0.4) is 0 Å². The molecule has 1 aromatic rings. The van der Waals surface area contributed by atoms with Crippen molar-refractivity contribution in [2.75, 3.05) is 4.72 Å². The third-order valence-corrected chi connectivity index (χ3v) is 4.39. The van der Waals surface area contributed by atoms with E-state index in [1.807, 2.05) is 13.0 Å². The molecule has 0 fully saturated rings. The molecule has 0 aliphatic rings. The van der Waals surface area contributed by atoms with Crippen LogP contribution in [0.4, 0.5) is 5.82 Å². The minimum Gasteiger partial charge on any atom is -0.392 e. The number of anilines is 1. The van der Waals surface area contributed by atoms with Crippen molar-refractivity contribution in [3.05, 3.63) is 23.4 Å². The average Bonchev–Trinajstić information content (AvgIpc) is 2.13. The second-order valence-electron chi connectivity index (χ2n) is 3.86. The van der Waals surface area contributed by atoms with Crippen molar-refractivity contribution in [3.63, 3.8) is 0 Å². The molecule has 17 heavy (non-hydrogen) atoms. The van der Waals surface area contributed by atoms with E-state index in [4.69, 9.17) is 5.73 Å². The van der Waals surface area contributed by atoms with Crippen LogP contribution in [-0.4, -0.2) is 23.6 Å². The molecule has 0 bridgehead atoms. The minimum absolute atomic E-state index is 0.0677. The van der Waals surface area contributed by atoms with E-state index < -0.39 is 15.3 Å². The van der Waals surface area contributed by atoms with Gasteiger partial charge in [0.05, 0.1) is 4.99 Å². The van der Waals surface area contributed by atoms with Gasteiger partial charge in [-0.3, -0.25) is 4.72 Å². The Morgan fingerprint density at radius 3 is 2.53 bits per heavy atom. The summed E-state index contributed by atoms with van der Waals surface area (Å²) in [4.78, 5) is 4.02. The van der Waals surface area contributed by atoms with Crippen molar-refractivity contribution in [2.45, 2.75) is 26.0 Å². The zero-order valence-corrected chi connectivity index (χ0v) is 11.5. The monoisotopic (exact) mass is 273 g/mol. The van der Waals surface area contributed by atoms with Crippen LogP contribution < -0.4 is 10.5 Å².